The minimum Gasteiger partial charge on any atom is -0.476 e. The normalized spacial score (nSPS) is 13.7. The lowest BCUT2D eigenvalue weighted by molar-refractivity contribution is 0.0688. The number of carboxylic acids is 1. The van der Waals surface area contributed by atoms with Crippen LogP contribution in [0.4, 0.5) is 0 Å². The lowest BCUT2D eigenvalue weighted by Gasteiger charge is -2.21. The molecule has 1 aromatic heterocycles. The molecule has 0 amide bonds. The summed E-state index contributed by atoms with van der Waals surface area (Å²) in [6.07, 6.45) is 3.54. The maximum Gasteiger partial charge on any atom is 0.360 e. The van der Waals surface area contributed by atoms with Crippen molar-refractivity contribution in [2.75, 3.05) is 0 Å². The van der Waals surface area contributed by atoms with Gasteiger partial charge in [0.1, 0.15) is 0 Å². The molecule has 0 unspecified atom stereocenters. The van der Waals surface area contributed by atoms with Gasteiger partial charge in [0.2, 0.25) is 5.69 Å². The highest BCUT2D eigenvalue weighted by Gasteiger charge is 2.20. The van der Waals surface area contributed by atoms with Gasteiger partial charge < -0.3 is 9.67 Å². The van der Waals surface area contributed by atoms with Crippen LogP contribution < -0.4 is 5.56 Å². The summed E-state index contributed by atoms with van der Waals surface area (Å²) in [5.41, 5.74) is 0.178. The Kier molecular flexibility index (Phi) is 4.75. The number of fused-ring (bicyclic) bond motifs is 1. The Morgan fingerprint density at radius 2 is 2.14 bits per heavy atom. The summed E-state index contributed by atoms with van der Waals surface area (Å²) < 4.78 is 1.54. The Labute approximate surface area is 128 Å². The standard InChI is InChI=1S/C17H20N2O3/c1-4-12(5-2)10-11(3)19-14-9-7-6-8-13(14)18-15(16(19)20)17(21)22/h4,6-9,11-12H,1,5,10H2,2-3H3,(H,21,22)/t11-,12+/m0/s1. The van der Waals surface area contributed by atoms with Crippen LogP contribution in [0.5, 0.6) is 0 Å². The van der Waals surface area contributed by atoms with Crippen molar-refractivity contribution in [1.82, 2.24) is 9.55 Å². The highest BCUT2D eigenvalue weighted by Crippen LogP contribution is 2.23. The summed E-state index contributed by atoms with van der Waals surface area (Å²) in [4.78, 5) is 27.8. The fourth-order valence-electron chi connectivity index (χ4n) is 2.70. The van der Waals surface area contributed by atoms with Crippen LogP contribution in [0.1, 0.15) is 43.2 Å². The first-order chi connectivity index (χ1) is 10.5. The van der Waals surface area contributed by atoms with E-state index >= 15 is 0 Å². The van der Waals surface area contributed by atoms with Crippen molar-refractivity contribution >= 4 is 17.0 Å². The second-order valence-electron chi connectivity index (χ2n) is 5.42. The number of hydrogen-bond acceptors (Lipinski definition) is 3. The molecule has 0 aliphatic heterocycles. The van der Waals surface area contributed by atoms with Crippen LogP contribution in [-0.2, 0) is 0 Å². The van der Waals surface area contributed by atoms with Gasteiger partial charge in [-0.2, -0.15) is 0 Å². The average Bonchev–Trinajstić information content (AvgIpc) is 2.51. The maximum absolute atomic E-state index is 12.5. The van der Waals surface area contributed by atoms with Gasteiger partial charge in [0, 0.05) is 6.04 Å². The van der Waals surface area contributed by atoms with Gasteiger partial charge in [-0.3, -0.25) is 4.79 Å². The third-order valence-corrected chi connectivity index (χ3v) is 3.94. The van der Waals surface area contributed by atoms with E-state index in [0.717, 1.165) is 12.8 Å². The molecule has 0 fully saturated rings. The minimum atomic E-state index is -1.30. The van der Waals surface area contributed by atoms with Crippen LogP contribution in [0.15, 0.2) is 41.7 Å². The van der Waals surface area contributed by atoms with Crippen molar-refractivity contribution in [1.29, 1.82) is 0 Å². The van der Waals surface area contributed by atoms with Crippen molar-refractivity contribution in [2.45, 2.75) is 32.7 Å². The smallest absolute Gasteiger partial charge is 0.360 e. The Morgan fingerprint density at radius 3 is 2.73 bits per heavy atom. The summed E-state index contributed by atoms with van der Waals surface area (Å²) in [6.45, 7) is 7.80. The van der Waals surface area contributed by atoms with Gasteiger partial charge in [-0.1, -0.05) is 25.1 Å². The van der Waals surface area contributed by atoms with Gasteiger partial charge in [-0.15, -0.1) is 6.58 Å². The fourth-order valence-corrected chi connectivity index (χ4v) is 2.70. The molecule has 2 rings (SSSR count). The third-order valence-electron chi connectivity index (χ3n) is 3.94. The van der Waals surface area contributed by atoms with E-state index in [4.69, 9.17) is 0 Å². The number of benzene rings is 1. The monoisotopic (exact) mass is 300 g/mol. The molecule has 0 spiro atoms. The molecule has 0 aliphatic rings. The van der Waals surface area contributed by atoms with Crippen LogP contribution in [-0.4, -0.2) is 20.6 Å². The van der Waals surface area contributed by atoms with Crippen molar-refractivity contribution in [3.05, 3.63) is 53.0 Å². The molecular formula is C17H20N2O3. The number of para-hydroxylation sites is 2. The van der Waals surface area contributed by atoms with Crippen LogP contribution in [0, 0.1) is 5.92 Å². The number of allylic oxidation sites excluding steroid dienone is 1. The van der Waals surface area contributed by atoms with E-state index in [1.165, 1.54) is 4.57 Å². The number of aromatic nitrogens is 2. The number of carbonyl (C=O) groups is 1. The van der Waals surface area contributed by atoms with E-state index < -0.39 is 17.2 Å². The van der Waals surface area contributed by atoms with Crippen LogP contribution >= 0.6 is 0 Å². The first-order valence-electron chi connectivity index (χ1n) is 7.36. The van der Waals surface area contributed by atoms with Crippen molar-refractivity contribution in [3.63, 3.8) is 0 Å². The number of hydrogen-bond donors (Lipinski definition) is 1. The second kappa shape index (κ2) is 6.56. The second-order valence-corrected chi connectivity index (χ2v) is 5.42. The van der Waals surface area contributed by atoms with Crippen molar-refractivity contribution in [3.8, 4) is 0 Å². The van der Waals surface area contributed by atoms with Gasteiger partial charge >= 0.3 is 5.97 Å². The van der Waals surface area contributed by atoms with E-state index in [1.54, 1.807) is 18.2 Å². The average molecular weight is 300 g/mol. The molecule has 2 atom stereocenters. The number of carboxylic acid groups (broad SMARTS) is 1. The topological polar surface area (TPSA) is 72.2 Å². The first kappa shape index (κ1) is 15.9. The number of aromatic carboxylic acids is 1. The summed E-state index contributed by atoms with van der Waals surface area (Å²) in [7, 11) is 0. The summed E-state index contributed by atoms with van der Waals surface area (Å²) in [6, 6.07) is 6.97. The summed E-state index contributed by atoms with van der Waals surface area (Å²) in [5, 5.41) is 9.21. The largest absolute Gasteiger partial charge is 0.476 e. The molecule has 0 aliphatic carbocycles. The molecule has 1 N–H and O–H groups in total. The molecule has 2 aromatic rings. The molecule has 5 heteroatoms. The van der Waals surface area contributed by atoms with Crippen molar-refractivity contribution < 1.29 is 9.90 Å². The van der Waals surface area contributed by atoms with E-state index in [2.05, 4.69) is 18.5 Å². The molecule has 0 saturated heterocycles. The predicted molar refractivity (Wildman–Crippen MR) is 86.3 cm³/mol. The highest BCUT2D eigenvalue weighted by molar-refractivity contribution is 5.88. The lowest BCUT2D eigenvalue weighted by atomic mass is 9.98. The zero-order chi connectivity index (χ0) is 16.3. The summed E-state index contributed by atoms with van der Waals surface area (Å²) >= 11 is 0. The first-order valence-corrected chi connectivity index (χ1v) is 7.36. The van der Waals surface area contributed by atoms with Crippen molar-refractivity contribution in [2.24, 2.45) is 5.92 Å². The Hall–Kier alpha value is -2.43. The van der Waals surface area contributed by atoms with E-state index in [1.807, 2.05) is 19.1 Å². The molecule has 1 aromatic carbocycles. The zero-order valence-electron chi connectivity index (χ0n) is 12.8. The summed E-state index contributed by atoms with van der Waals surface area (Å²) in [5.74, 6) is -1.02. The molecule has 5 nitrogen and oxygen atoms in total. The Balaban J connectivity index is 2.64. The van der Waals surface area contributed by atoms with Gasteiger partial charge in [0.15, 0.2) is 0 Å². The maximum atomic E-state index is 12.5. The quantitative estimate of drug-likeness (QED) is 0.831. The molecule has 0 bridgehead atoms. The lowest BCUT2D eigenvalue weighted by Crippen LogP contribution is -2.31. The van der Waals surface area contributed by atoms with Gasteiger partial charge in [0.25, 0.3) is 5.56 Å². The molecule has 22 heavy (non-hydrogen) atoms. The van der Waals surface area contributed by atoms with Gasteiger partial charge in [0.05, 0.1) is 11.0 Å². The van der Waals surface area contributed by atoms with Gasteiger partial charge in [-0.25, -0.2) is 9.78 Å². The molecule has 0 radical (unpaired) electrons. The molecule has 1 heterocycles. The predicted octanol–water partition coefficient (Wildman–Crippen LogP) is 3.26. The van der Waals surface area contributed by atoms with E-state index in [-0.39, 0.29) is 12.0 Å². The third kappa shape index (κ3) is 2.93. The molecule has 0 saturated carbocycles. The SMILES string of the molecule is C=C[C@H](CC)C[C@H](C)n1c(=O)c(C(=O)O)nc2ccccc21. The number of rotatable bonds is 6. The van der Waals surface area contributed by atoms with E-state index in [9.17, 15) is 14.7 Å². The highest BCUT2D eigenvalue weighted by atomic mass is 16.4. The van der Waals surface area contributed by atoms with Crippen LogP contribution in [0.25, 0.3) is 11.0 Å². The molecule has 116 valence electrons. The minimum absolute atomic E-state index is 0.138. The van der Waals surface area contributed by atoms with Crippen LogP contribution in [0.3, 0.4) is 0 Å². The Bertz CT molecular complexity index is 764. The fraction of sp³-hybridized carbons (Fsp3) is 0.353. The molecular weight excluding hydrogens is 280 g/mol. The van der Waals surface area contributed by atoms with Gasteiger partial charge in [-0.05, 0) is 37.8 Å². The van der Waals surface area contributed by atoms with Crippen LogP contribution in [0.2, 0.25) is 0 Å². The zero-order valence-corrected chi connectivity index (χ0v) is 12.8. The Morgan fingerprint density at radius 1 is 1.45 bits per heavy atom. The number of nitrogens with zero attached hydrogens (tertiary/aromatic N) is 2. The van der Waals surface area contributed by atoms with E-state index in [0.29, 0.717) is 11.0 Å².